The maximum atomic E-state index is 10.0. The summed E-state index contributed by atoms with van der Waals surface area (Å²) in [4.78, 5) is 0. The van der Waals surface area contributed by atoms with Gasteiger partial charge in [-0.05, 0) is 50.3 Å². The van der Waals surface area contributed by atoms with Crippen molar-refractivity contribution in [1.82, 2.24) is 5.32 Å². The summed E-state index contributed by atoms with van der Waals surface area (Å²) in [5, 5.41) is 14.3. The molecule has 1 aromatic carbocycles. The summed E-state index contributed by atoms with van der Waals surface area (Å²) in [7, 11) is 0. The molecular weight excluding hydrogens is 234 g/mol. The first-order valence-electron chi connectivity index (χ1n) is 6.34. The molecule has 1 aromatic rings. The van der Waals surface area contributed by atoms with Gasteiger partial charge in [0.1, 0.15) is 5.75 Å². The van der Waals surface area contributed by atoms with Crippen LogP contribution >= 0.6 is 11.6 Å². The molecule has 94 valence electrons. The third-order valence-corrected chi connectivity index (χ3v) is 4.25. The van der Waals surface area contributed by atoms with Gasteiger partial charge in [-0.1, -0.05) is 24.6 Å². The van der Waals surface area contributed by atoms with Crippen LogP contribution in [0.5, 0.6) is 5.75 Å². The van der Waals surface area contributed by atoms with Crippen LogP contribution in [0.1, 0.15) is 43.2 Å². The van der Waals surface area contributed by atoms with Gasteiger partial charge in [0, 0.05) is 11.6 Å². The van der Waals surface area contributed by atoms with Gasteiger partial charge < -0.3 is 10.4 Å². The first-order chi connectivity index (χ1) is 8.13. The topological polar surface area (TPSA) is 32.3 Å². The molecule has 2 N–H and O–H groups in total. The minimum atomic E-state index is 0.349. The maximum Gasteiger partial charge on any atom is 0.120 e. The van der Waals surface area contributed by atoms with E-state index in [0.717, 1.165) is 42.0 Å². The highest BCUT2D eigenvalue weighted by Crippen LogP contribution is 2.40. The van der Waals surface area contributed by atoms with E-state index < -0.39 is 0 Å². The van der Waals surface area contributed by atoms with Crippen molar-refractivity contribution in [3.8, 4) is 5.75 Å². The molecule has 0 radical (unpaired) electrons. The minimum absolute atomic E-state index is 0.349. The van der Waals surface area contributed by atoms with Crippen LogP contribution in [0.3, 0.4) is 0 Å². The van der Waals surface area contributed by atoms with Gasteiger partial charge in [-0.25, -0.2) is 0 Å². The third-order valence-electron chi connectivity index (χ3n) is 3.75. The van der Waals surface area contributed by atoms with Gasteiger partial charge >= 0.3 is 0 Å². The van der Waals surface area contributed by atoms with E-state index in [4.69, 9.17) is 11.6 Å². The predicted octanol–water partition coefficient (Wildman–Crippen LogP) is 3.60. The zero-order valence-electron chi connectivity index (χ0n) is 10.5. The molecular formula is C14H20ClNO. The standard InChI is InChI=1S/C14H20ClNO/c1-3-11-8-10(6-7-16-11)13-12(17)5-4-9(2)14(13)15/h4-5,10-11,16-17H,3,6-8H2,1-2H3/t10-,11-/m0/s1. The van der Waals surface area contributed by atoms with Gasteiger partial charge in [0.15, 0.2) is 0 Å². The van der Waals surface area contributed by atoms with Gasteiger partial charge in [0.05, 0.1) is 5.02 Å². The van der Waals surface area contributed by atoms with Gasteiger partial charge in [-0.15, -0.1) is 0 Å². The number of hydrogen-bond acceptors (Lipinski definition) is 2. The molecule has 3 heteroatoms. The molecule has 0 amide bonds. The second-order valence-electron chi connectivity index (χ2n) is 4.91. The fourth-order valence-electron chi connectivity index (χ4n) is 2.66. The second kappa shape index (κ2) is 5.28. The van der Waals surface area contributed by atoms with Crippen LogP contribution in [0, 0.1) is 6.92 Å². The smallest absolute Gasteiger partial charge is 0.120 e. The summed E-state index contributed by atoms with van der Waals surface area (Å²) in [6, 6.07) is 4.18. The highest BCUT2D eigenvalue weighted by Gasteiger charge is 2.26. The fourth-order valence-corrected chi connectivity index (χ4v) is 2.97. The van der Waals surface area contributed by atoms with Gasteiger partial charge in [-0.3, -0.25) is 0 Å². The van der Waals surface area contributed by atoms with E-state index >= 15 is 0 Å². The summed E-state index contributed by atoms with van der Waals surface area (Å²) >= 11 is 6.34. The van der Waals surface area contributed by atoms with Crippen molar-refractivity contribution in [1.29, 1.82) is 0 Å². The first kappa shape index (κ1) is 12.7. The van der Waals surface area contributed by atoms with Crippen LogP contribution in [-0.2, 0) is 0 Å². The van der Waals surface area contributed by atoms with Gasteiger partial charge in [-0.2, -0.15) is 0 Å². The Balaban J connectivity index is 2.30. The fraction of sp³-hybridized carbons (Fsp3) is 0.571. The summed E-state index contributed by atoms with van der Waals surface area (Å²) in [6.07, 6.45) is 3.24. The summed E-state index contributed by atoms with van der Waals surface area (Å²) < 4.78 is 0. The Morgan fingerprint density at radius 1 is 1.47 bits per heavy atom. The van der Waals surface area contributed by atoms with Crippen LogP contribution in [0.2, 0.25) is 5.02 Å². The third kappa shape index (κ3) is 2.58. The number of hydrogen-bond donors (Lipinski definition) is 2. The number of rotatable bonds is 2. The SMILES string of the molecule is CC[C@H]1C[C@@H](c2c(O)ccc(C)c2Cl)CCN1. The quantitative estimate of drug-likeness (QED) is 0.844. The summed E-state index contributed by atoms with van der Waals surface area (Å²) in [6.45, 7) is 5.19. The Bertz CT molecular complexity index is 405. The molecule has 0 spiro atoms. The summed E-state index contributed by atoms with van der Waals surface area (Å²) in [5.41, 5.74) is 2.00. The minimum Gasteiger partial charge on any atom is -0.508 e. The number of phenols is 1. The van der Waals surface area contributed by atoms with Crippen molar-refractivity contribution in [2.45, 2.75) is 45.1 Å². The van der Waals surface area contributed by atoms with E-state index in [9.17, 15) is 5.11 Å². The highest BCUT2D eigenvalue weighted by molar-refractivity contribution is 6.32. The average molecular weight is 254 g/mol. The molecule has 2 rings (SSSR count). The largest absolute Gasteiger partial charge is 0.508 e. The molecule has 17 heavy (non-hydrogen) atoms. The molecule has 2 atom stereocenters. The zero-order chi connectivity index (χ0) is 12.4. The Morgan fingerprint density at radius 2 is 2.24 bits per heavy atom. The van der Waals surface area contributed by atoms with E-state index in [-0.39, 0.29) is 0 Å². The van der Waals surface area contributed by atoms with E-state index in [1.54, 1.807) is 6.07 Å². The molecule has 2 nitrogen and oxygen atoms in total. The second-order valence-corrected chi connectivity index (χ2v) is 5.29. The monoisotopic (exact) mass is 253 g/mol. The van der Waals surface area contributed by atoms with Crippen LogP contribution < -0.4 is 5.32 Å². The van der Waals surface area contributed by atoms with Crippen molar-refractivity contribution >= 4 is 11.6 Å². The van der Waals surface area contributed by atoms with Gasteiger partial charge in [0.25, 0.3) is 0 Å². The molecule has 1 aliphatic heterocycles. The Morgan fingerprint density at radius 3 is 2.94 bits per heavy atom. The molecule has 1 heterocycles. The van der Waals surface area contributed by atoms with E-state index in [1.165, 1.54) is 0 Å². The molecule has 1 saturated heterocycles. The molecule has 0 saturated carbocycles. The van der Waals surface area contributed by atoms with Crippen LogP contribution in [-0.4, -0.2) is 17.7 Å². The Hall–Kier alpha value is -0.730. The number of nitrogens with one attached hydrogen (secondary N) is 1. The van der Waals surface area contributed by atoms with Crippen molar-refractivity contribution in [2.75, 3.05) is 6.54 Å². The number of benzene rings is 1. The normalized spacial score (nSPS) is 24.9. The molecule has 1 aliphatic rings. The Labute approximate surface area is 108 Å². The van der Waals surface area contributed by atoms with E-state index in [0.29, 0.717) is 17.7 Å². The number of halogens is 1. The highest BCUT2D eigenvalue weighted by atomic mass is 35.5. The zero-order valence-corrected chi connectivity index (χ0v) is 11.2. The number of phenolic OH excluding ortho intramolecular Hbond substituents is 1. The molecule has 0 aromatic heterocycles. The molecule has 1 fully saturated rings. The van der Waals surface area contributed by atoms with E-state index in [2.05, 4.69) is 12.2 Å². The van der Waals surface area contributed by atoms with Crippen LogP contribution in [0.25, 0.3) is 0 Å². The number of aromatic hydroxyl groups is 1. The maximum absolute atomic E-state index is 10.0. The lowest BCUT2D eigenvalue weighted by Gasteiger charge is -2.31. The van der Waals surface area contributed by atoms with Crippen molar-refractivity contribution in [3.05, 3.63) is 28.3 Å². The average Bonchev–Trinajstić information content (AvgIpc) is 2.35. The number of piperidine rings is 1. The molecule has 0 unspecified atom stereocenters. The molecule has 0 aliphatic carbocycles. The van der Waals surface area contributed by atoms with Crippen molar-refractivity contribution in [3.63, 3.8) is 0 Å². The van der Waals surface area contributed by atoms with Crippen molar-refractivity contribution in [2.24, 2.45) is 0 Å². The molecule has 0 bridgehead atoms. The lowest BCUT2D eigenvalue weighted by molar-refractivity contribution is 0.347. The van der Waals surface area contributed by atoms with Crippen LogP contribution in [0.4, 0.5) is 0 Å². The summed E-state index contributed by atoms with van der Waals surface area (Å²) in [5.74, 6) is 0.732. The van der Waals surface area contributed by atoms with E-state index in [1.807, 2.05) is 13.0 Å². The van der Waals surface area contributed by atoms with Crippen LogP contribution in [0.15, 0.2) is 12.1 Å². The van der Waals surface area contributed by atoms with Crippen molar-refractivity contribution < 1.29 is 5.11 Å². The van der Waals surface area contributed by atoms with Gasteiger partial charge in [0.2, 0.25) is 0 Å². The Kier molecular flexibility index (Phi) is 3.95. The lowest BCUT2D eigenvalue weighted by Crippen LogP contribution is -2.36. The number of aryl methyl sites for hydroxylation is 1. The first-order valence-corrected chi connectivity index (χ1v) is 6.72. The lowest BCUT2D eigenvalue weighted by atomic mass is 9.84. The predicted molar refractivity (Wildman–Crippen MR) is 71.9 cm³/mol.